The maximum atomic E-state index is 12.5. The molecule has 0 saturated heterocycles. The third-order valence-electron chi connectivity index (χ3n) is 3.19. The van der Waals surface area contributed by atoms with Crippen LogP contribution in [-0.4, -0.2) is 15.0 Å². The van der Waals surface area contributed by atoms with Crippen LogP contribution >= 0.6 is 15.9 Å². The van der Waals surface area contributed by atoms with Crippen molar-refractivity contribution in [3.8, 4) is 5.88 Å². The Morgan fingerprint density at radius 3 is 2.50 bits per heavy atom. The molecule has 3 rings (SSSR count). The Kier molecular flexibility index (Phi) is 5.36. The normalized spacial score (nSPS) is 11.8. The summed E-state index contributed by atoms with van der Waals surface area (Å²) in [7, 11) is 0. The van der Waals surface area contributed by atoms with E-state index in [-0.39, 0.29) is 6.61 Å². The molecule has 1 aromatic carbocycles. The highest BCUT2D eigenvalue weighted by Crippen LogP contribution is 2.29. The van der Waals surface area contributed by atoms with Gasteiger partial charge in [-0.05, 0) is 39.7 Å². The molecule has 0 unspecified atom stereocenters. The molecule has 134 valence electrons. The van der Waals surface area contributed by atoms with Crippen LogP contribution in [0.5, 0.6) is 5.88 Å². The summed E-state index contributed by atoms with van der Waals surface area (Å²) in [5.41, 5.74) is 0.446. The molecule has 0 radical (unpaired) electrons. The molecule has 0 bridgehead atoms. The number of benzene rings is 1. The summed E-state index contributed by atoms with van der Waals surface area (Å²) < 4.78 is 48.9. The molecule has 0 fully saturated rings. The van der Waals surface area contributed by atoms with Gasteiger partial charge in [0, 0.05) is 6.08 Å². The highest BCUT2D eigenvalue weighted by atomic mass is 79.9. The molecule has 0 aliphatic rings. The second-order valence-electron chi connectivity index (χ2n) is 5.10. The monoisotopic (exact) mass is 425 g/mol. The Balaban J connectivity index is 1.59. The lowest BCUT2D eigenvalue weighted by molar-refractivity contribution is -0.137. The first kappa shape index (κ1) is 18.1. The van der Waals surface area contributed by atoms with Gasteiger partial charge in [-0.3, -0.25) is 0 Å². The molecular weight excluding hydrogens is 415 g/mol. The van der Waals surface area contributed by atoms with Crippen LogP contribution in [0.3, 0.4) is 0 Å². The lowest BCUT2D eigenvalue weighted by Crippen LogP contribution is -2.03. The smallest absolute Gasteiger partial charge is 0.416 e. The Morgan fingerprint density at radius 1 is 1.08 bits per heavy atom. The minimum absolute atomic E-state index is 0.147. The van der Waals surface area contributed by atoms with Crippen LogP contribution in [0, 0.1) is 0 Å². The third kappa shape index (κ3) is 4.92. The number of hydrogen-bond acceptors (Lipinski definition) is 5. The third-order valence-corrected chi connectivity index (χ3v) is 3.60. The average molecular weight is 426 g/mol. The SMILES string of the molecule is FC(F)(F)c1ccc(/C=C/c2nc(COc3cnc(Br)cn3)co2)cc1. The van der Waals surface area contributed by atoms with Gasteiger partial charge in [-0.25, -0.2) is 15.0 Å². The minimum atomic E-state index is -4.35. The van der Waals surface area contributed by atoms with Gasteiger partial charge in [0.2, 0.25) is 11.8 Å². The number of nitrogens with zero attached hydrogens (tertiary/aromatic N) is 3. The predicted octanol–water partition coefficient (Wildman–Crippen LogP) is 5.00. The Morgan fingerprint density at radius 2 is 1.85 bits per heavy atom. The van der Waals surface area contributed by atoms with Crippen LogP contribution in [0.25, 0.3) is 12.2 Å². The van der Waals surface area contributed by atoms with E-state index in [1.807, 2.05) is 0 Å². The minimum Gasteiger partial charge on any atom is -0.470 e. The van der Waals surface area contributed by atoms with Crippen molar-refractivity contribution >= 4 is 28.1 Å². The number of rotatable bonds is 5. The van der Waals surface area contributed by atoms with E-state index in [0.29, 0.717) is 27.6 Å². The van der Waals surface area contributed by atoms with E-state index in [1.165, 1.54) is 30.8 Å². The summed E-state index contributed by atoms with van der Waals surface area (Å²) in [5.74, 6) is 0.656. The Bertz CT molecular complexity index is 891. The van der Waals surface area contributed by atoms with Crippen molar-refractivity contribution in [3.63, 3.8) is 0 Å². The molecule has 3 aromatic rings. The topological polar surface area (TPSA) is 61.0 Å². The maximum absolute atomic E-state index is 12.5. The maximum Gasteiger partial charge on any atom is 0.416 e. The molecular formula is C17H11BrF3N3O2. The van der Waals surface area contributed by atoms with Gasteiger partial charge in [0.25, 0.3) is 0 Å². The van der Waals surface area contributed by atoms with Crippen LogP contribution in [0.2, 0.25) is 0 Å². The van der Waals surface area contributed by atoms with Gasteiger partial charge in [-0.2, -0.15) is 13.2 Å². The first-order valence-corrected chi connectivity index (χ1v) is 8.09. The zero-order valence-corrected chi connectivity index (χ0v) is 14.7. The van der Waals surface area contributed by atoms with Gasteiger partial charge in [0.05, 0.1) is 18.0 Å². The Hall–Kier alpha value is -2.68. The van der Waals surface area contributed by atoms with Crippen molar-refractivity contribution in [1.29, 1.82) is 0 Å². The van der Waals surface area contributed by atoms with Gasteiger partial charge >= 0.3 is 6.18 Å². The van der Waals surface area contributed by atoms with Crippen molar-refractivity contribution in [1.82, 2.24) is 15.0 Å². The first-order chi connectivity index (χ1) is 12.4. The van der Waals surface area contributed by atoms with E-state index in [2.05, 4.69) is 30.9 Å². The largest absolute Gasteiger partial charge is 0.470 e. The van der Waals surface area contributed by atoms with Gasteiger partial charge in [0.1, 0.15) is 23.2 Å². The van der Waals surface area contributed by atoms with Crippen molar-refractivity contribution in [2.75, 3.05) is 0 Å². The number of ether oxygens (including phenoxy) is 1. The summed E-state index contributed by atoms with van der Waals surface area (Å²) in [6.07, 6.45) is 3.23. The van der Waals surface area contributed by atoms with Crippen LogP contribution in [0.4, 0.5) is 13.2 Å². The molecule has 2 heterocycles. The molecule has 5 nitrogen and oxygen atoms in total. The van der Waals surface area contributed by atoms with Crippen LogP contribution in [0.1, 0.15) is 22.7 Å². The zero-order valence-electron chi connectivity index (χ0n) is 13.1. The fraction of sp³-hybridized carbons (Fsp3) is 0.118. The predicted molar refractivity (Wildman–Crippen MR) is 90.9 cm³/mol. The lowest BCUT2D eigenvalue weighted by Gasteiger charge is -2.05. The molecule has 0 N–H and O–H groups in total. The van der Waals surface area contributed by atoms with Gasteiger partial charge < -0.3 is 9.15 Å². The van der Waals surface area contributed by atoms with Crippen LogP contribution in [0.15, 0.2) is 51.9 Å². The number of aromatic nitrogens is 3. The Labute approximate surface area is 154 Å². The first-order valence-electron chi connectivity index (χ1n) is 7.30. The fourth-order valence-corrected chi connectivity index (χ4v) is 2.14. The number of alkyl halides is 3. The number of oxazole rings is 1. The molecule has 9 heteroatoms. The van der Waals surface area contributed by atoms with Gasteiger partial charge in [-0.15, -0.1) is 0 Å². The van der Waals surface area contributed by atoms with E-state index < -0.39 is 11.7 Å². The summed E-state index contributed by atoms with van der Waals surface area (Å²) in [6.45, 7) is 0.147. The van der Waals surface area contributed by atoms with Gasteiger partial charge in [0.15, 0.2) is 0 Å². The van der Waals surface area contributed by atoms with Crippen molar-refractivity contribution in [2.24, 2.45) is 0 Å². The molecule has 26 heavy (non-hydrogen) atoms. The summed E-state index contributed by atoms with van der Waals surface area (Å²) in [6, 6.07) is 4.79. The van der Waals surface area contributed by atoms with Crippen LogP contribution in [-0.2, 0) is 12.8 Å². The fourth-order valence-electron chi connectivity index (χ4n) is 1.94. The number of halogens is 4. The molecule has 0 aliphatic heterocycles. The summed E-state index contributed by atoms with van der Waals surface area (Å²) in [5, 5.41) is 0. The highest BCUT2D eigenvalue weighted by molar-refractivity contribution is 9.10. The van der Waals surface area contributed by atoms with Crippen molar-refractivity contribution < 1.29 is 22.3 Å². The van der Waals surface area contributed by atoms with E-state index >= 15 is 0 Å². The second kappa shape index (κ2) is 7.69. The zero-order chi connectivity index (χ0) is 18.6. The highest BCUT2D eigenvalue weighted by Gasteiger charge is 2.29. The average Bonchev–Trinajstić information content (AvgIpc) is 3.07. The molecule has 0 amide bonds. The van der Waals surface area contributed by atoms with E-state index in [0.717, 1.165) is 12.1 Å². The van der Waals surface area contributed by atoms with E-state index in [9.17, 15) is 13.2 Å². The molecule has 0 aliphatic carbocycles. The van der Waals surface area contributed by atoms with Crippen molar-refractivity contribution in [3.05, 3.63) is 70.2 Å². The molecule has 0 spiro atoms. The number of hydrogen-bond donors (Lipinski definition) is 0. The quantitative estimate of drug-likeness (QED) is 0.575. The lowest BCUT2D eigenvalue weighted by atomic mass is 10.1. The molecule has 2 aromatic heterocycles. The summed E-state index contributed by atoms with van der Waals surface area (Å²) in [4.78, 5) is 12.2. The van der Waals surface area contributed by atoms with E-state index in [1.54, 1.807) is 12.2 Å². The second-order valence-corrected chi connectivity index (χ2v) is 5.91. The van der Waals surface area contributed by atoms with Crippen molar-refractivity contribution in [2.45, 2.75) is 12.8 Å². The van der Waals surface area contributed by atoms with Gasteiger partial charge in [-0.1, -0.05) is 12.1 Å². The standard InChI is InChI=1S/C17H11BrF3N3O2/c18-14-7-23-16(8-22-14)26-10-13-9-25-15(24-13)6-3-11-1-4-12(5-2-11)17(19,20)21/h1-9H,10H2/b6-3+. The summed E-state index contributed by atoms with van der Waals surface area (Å²) >= 11 is 3.18. The molecule has 0 saturated carbocycles. The van der Waals surface area contributed by atoms with E-state index in [4.69, 9.17) is 9.15 Å². The molecule has 0 atom stereocenters. The van der Waals surface area contributed by atoms with Crippen LogP contribution < -0.4 is 4.74 Å².